The van der Waals surface area contributed by atoms with Crippen molar-refractivity contribution in [3.05, 3.63) is 82.9 Å². The maximum Gasteiger partial charge on any atom is 0.211 e. The van der Waals surface area contributed by atoms with Crippen LogP contribution in [-0.2, 0) is 0 Å². The maximum atomic E-state index is 11.1. The third kappa shape index (κ3) is 2.58. The van der Waals surface area contributed by atoms with Gasteiger partial charge in [0, 0.05) is 4.92 Å². The topological polar surface area (TPSA) is 43.1 Å². The van der Waals surface area contributed by atoms with Crippen LogP contribution in [-0.4, -0.2) is 11.5 Å². The Hall–Kier alpha value is -2.68. The lowest BCUT2D eigenvalue weighted by Gasteiger charge is -2.17. The van der Waals surface area contributed by atoms with Crippen molar-refractivity contribution in [1.29, 1.82) is 0 Å². The molecule has 110 valence electrons. The van der Waals surface area contributed by atoms with Gasteiger partial charge in [0.2, 0.25) is 6.54 Å². The Morgan fingerprint density at radius 1 is 1.05 bits per heavy atom. The first-order valence-corrected chi connectivity index (χ1v) is 7.34. The molecule has 0 aliphatic rings. The zero-order valence-corrected chi connectivity index (χ0v) is 12.2. The normalized spacial score (nSPS) is 12.4. The molecule has 3 heteroatoms. The second-order valence-electron chi connectivity index (χ2n) is 5.47. The van der Waals surface area contributed by atoms with Crippen LogP contribution >= 0.6 is 0 Å². The van der Waals surface area contributed by atoms with E-state index in [2.05, 4.69) is 24.8 Å². The third-order valence-electron chi connectivity index (χ3n) is 4.04. The number of benzene rings is 3. The molecule has 22 heavy (non-hydrogen) atoms. The first kappa shape index (κ1) is 14.3. The highest BCUT2D eigenvalue weighted by atomic mass is 16.6. The Bertz CT molecular complexity index is 800. The van der Waals surface area contributed by atoms with Crippen molar-refractivity contribution in [2.24, 2.45) is 0 Å². The van der Waals surface area contributed by atoms with E-state index in [1.807, 2.05) is 36.4 Å². The van der Waals surface area contributed by atoms with E-state index in [1.54, 1.807) is 6.08 Å². The molecule has 0 aliphatic carbocycles. The van der Waals surface area contributed by atoms with Crippen molar-refractivity contribution in [3.63, 3.8) is 0 Å². The fraction of sp³-hybridized carbons (Fsp3) is 0.158. The first-order valence-electron chi connectivity index (χ1n) is 7.34. The fourth-order valence-corrected chi connectivity index (χ4v) is 3.15. The lowest BCUT2D eigenvalue weighted by atomic mass is 9.86. The molecule has 3 rings (SSSR count). The van der Waals surface area contributed by atoms with Gasteiger partial charge in [0.1, 0.15) is 0 Å². The van der Waals surface area contributed by atoms with E-state index in [-0.39, 0.29) is 17.4 Å². The van der Waals surface area contributed by atoms with Gasteiger partial charge < -0.3 is 0 Å². The Balaban J connectivity index is 2.35. The average molecular weight is 291 g/mol. The lowest BCUT2D eigenvalue weighted by molar-refractivity contribution is -0.483. The zero-order valence-electron chi connectivity index (χ0n) is 12.2. The summed E-state index contributed by atoms with van der Waals surface area (Å²) in [5, 5.41) is 15.5. The van der Waals surface area contributed by atoms with Crippen molar-refractivity contribution in [2.75, 3.05) is 6.54 Å². The average Bonchev–Trinajstić information content (AvgIpc) is 2.51. The molecule has 1 atom stereocenters. The van der Waals surface area contributed by atoms with Crippen LogP contribution in [0, 0.1) is 10.1 Å². The number of fused-ring (bicyclic) bond motifs is 2. The molecule has 0 radical (unpaired) electrons. The van der Waals surface area contributed by atoms with Gasteiger partial charge in [0.25, 0.3) is 0 Å². The Labute approximate surface area is 129 Å². The van der Waals surface area contributed by atoms with E-state index in [1.165, 1.54) is 0 Å². The van der Waals surface area contributed by atoms with Gasteiger partial charge in [-0.15, -0.1) is 6.58 Å². The van der Waals surface area contributed by atoms with Crippen LogP contribution in [0.1, 0.15) is 17.9 Å². The number of rotatable bonds is 5. The van der Waals surface area contributed by atoms with Crippen LogP contribution in [0.15, 0.2) is 67.3 Å². The molecule has 0 aliphatic heterocycles. The monoisotopic (exact) mass is 291 g/mol. The quantitative estimate of drug-likeness (QED) is 0.289. The predicted molar refractivity (Wildman–Crippen MR) is 90.9 cm³/mol. The Morgan fingerprint density at radius 3 is 2.09 bits per heavy atom. The summed E-state index contributed by atoms with van der Waals surface area (Å²) in [7, 11) is 0. The highest BCUT2D eigenvalue weighted by Crippen LogP contribution is 2.35. The Kier molecular flexibility index (Phi) is 3.88. The van der Waals surface area contributed by atoms with Gasteiger partial charge in [-0.1, -0.05) is 54.6 Å². The summed E-state index contributed by atoms with van der Waals surface area (Å²) in [6, 6.07) is 18.3. The van der Waals surface area contributed by atoms with Gasteiger partial charge in [-0.2, -0.15) is 0 Å². The summed E-state index contributed by atoms with van der Waals surface area (Å²) in [6.07, 6.45) is 2.36. The second kappa shape index (κ2) is 5.98. The van der Waals surface area contributed by atoms with E-state index in [0.717, 1.165) is 27.1 Å². The molecule has 3 aromatic carbocycles. The minimum absolute atomic E-state index is 0.0793. The van der Waals surface area contributed by atoms with Crippen molar-refractivity contribution >= 4 is 21.5 Å². The van der Waals surface area contributed by atoms with Crippen LogP contribution in [0.5, 0.6) is 0 Å². The van der Waals surface area contributed by atoms with Gasteiger partial charge in [0.05, 0.1) is 5.92 Å². The van der Waals surface area contributed by atoms with E-state index >= 15 is 0 Å². The largest absolute Gasteiger partial charge is 0.265 e. The summed E-state index contributed by atoms with van der Waals surface area (Å²) in [6.45, 7) is 3.69. The summed E-state index contributed by atoms with van der Waals surface area (Å²) < 4.78 is 0. The standard InChI is InChI=1S/C19H17NO2/c1-2-7-16(13-20(21)22)19-17-10-5-3-8-14(17)12-15-9-4-6-11-18(15)19/h2-6,8-12,16H,1,7,13H2. The van der Waals surface area contributed by atoms with Crippen molar-refractivity contribution in [1.82, 2.24) is 0 Å². The molecule has 0 N–H and O–H groups in total. The predicted octanol–water partition coefficient (Wildman–Crippen LogP) is 4.93. The van der Waals surface area contributed by atoms with Gasteiger partial charge in [-0.3, -0.25) is 10.1 Å². The minimum atomic E-state index is -0.231. The van der Waals surface area contributed by atoms with Gasteiger partial charge in [0.15, 0.2) is 0 Å². The van der Waals surface area contributed by atoms with Crippen LogP contribution in [0.3, 0.4) is 0 Å². The van der Waals surface area contributed by atoms with E-state index < -0.39 is 0 Å². The second-order valence-corrected chi connectivity index (χ2v) is 5.47. The molecule has 0 bridgehead atoms. The summed E-state index contributed by atoms with van der Waals surface area (Å²) in [5.74, 6) is -0.163. The molecule has 1 unspecified atom stereocenters. The highest BCUT2D eigenvalue weighted by molar-refractivity contribution is 6.02. The van der Waals surface area contributed by atoms with Crippen LogP contribution in [0.25, 0.3) is 21.5 Å². The van der Waals surface area contributed by atoms with Crippen molar-refractivity contribution < 1.29 is 4.92 Å². The Morgan fingerprint density at radius 2 is 1.59 bits per heavy atom. The molecule has 0 fully saturated rings. The molecule has 3 nitrogen and oxygen atoms in total. The van der Waals surface area contributed by atoms with Crippen LogP contribution in [0.2, 0.25) is 0 Å². The molecule has 0 amide bonds. The molecular weight excluding hydrogens is 274 g/mol. The fourth-order valence-electron chi connectivity index (χ4n) is 3.15. The first-order chi connectivity index (χ1) is 10.7. The van der Waals surface area contributed by atoms with Crippen molar-refractivity contribution in [2.45, 2.75) is 12.3 Å². The van der Waals surface area contributed by atoms with E-state index in [0.29, 0.717) is 6.42 Å². The van der Waals surface area contributed by atoms with Gasteiger partial charge >= 0.3 is 0 Å². The SMILES string of the molecule is C=CCC(C[N+](=O)[O-])c1c2ccccc2cc2ccccc12. The molecule has 0 aromatic heterocycles. The number of nitrogens with zero attached hydrogens (tertiary/aromatic N) is 1. The van der Waals surface area contributed by atoms with Crippen LogP contribution in [0.4, 0.5) is 0 Å². The summed E-state index contributed by atoms with van der Waals surface area (Å²) >= 11 is 0. The number of nitro groups is 1. The van der Waals surface area contributed by atoms with E-state index in [9.17, 15) is 10.1 Å². The molecule has 0 saturated carbocycles. The number of hydrogen-bond donors (Lipinski definition) is 0. The molecule has 0 spiro atoms. The molecule has 3 aromatic rings. The number of hydrogen-bond acceptors (Lipinski definition) is 2. The smallest absolute Gasteiger partial charge is 0.211 e. The van der Waals surface area contributed by atoms with Gasteiger partial charge in [-0.05, 0) is 39.6 Å². The van der Waals surface area contributed by atoms with Crippen LogP contribution < -0.4 is 0 Å². The van der Waals surface area contributed by atoms with Gasteiger partial charge in [-0.25, -0.2) is 0 Å². The minimum Gasteiger partial charge on any atom is -0.265 e. The van der Waals surface area contributed by atoms with Crippen molar-refractivity contribution in [3.8, 4) is 0 Å². The molecule has 0 heterocycles. The molecule has 0 saturated heterocycles. The summed E-state index contributed by atoms with van der Waals surface area (Å²) in [4.78, 5) is 10.9. The number of allylic oxidation sites excluding steroid dienone is 1. The molecular formula is C19H17NO2. The summed E-state index contributed by atoms with van der Waals surface area (Å²) in [5.41, 5.74) is 1.06. The van der Waals surface area contributed by atoms with E-state index in [4.69, 9.17) is 0 Å². The maximum absolute atomic E-state index is 11.1. The third-order valence-corrected chi connectivity index (χ3v) is 4.04. The lowest BCUT2D eigenvalue weighted by Crippen LogP contribution is -2.13. The highest BCUT2D eigenvalue weighted by Gasteiger charge is 2.21. The zero-order chi connectivity index (χ0) is 15.5.